The lowest BCUT2D eigenvalue weighted by atomic mass is 9.73. The first-order valence-corrected chi connectivity index (χ1v) is 7.82. The maximum Gasteiger partial charge on any atom is -0.0167 e. The van der Waals surface area contributed by atoms with Crippen LogP contribution in [0.1, 0.15) is 67.7 Å². The van der Waals surface area contributed by atoms with Crippen LogP contribution in [-0.4, -0.2) is 0 Å². The van der Waals surface area contributed by atoms with Crippen LogP contribution in [0.2, 0.25) is 0 Å². The predicted octanol–water partition coefficient (Wildman–Crippen LogP) is 6.00. The van der Waals surface area contributed by atoms with E-state index in [2.05, 4.69) is 54.5 Å². The molecule has 1 atom stereocenters. The van der Waals surface area contributed by atoms with Gasteiger partial charge in [0.2, 0.25) is 0 Å². The molecule has 0 aromatic rings. The molecule has 0 N–H and O–H groups in total. The summed E-state index contributed by atoms with van der Waals surface area (Å²) < 4.78 is 0. The van der Waals surface area contributed by atoms with Crippen LogP contribution in [-0.2, 0) is 0 Å². The highest BCUT2D eigenvalue weighted by Crippen LogP contribution is 2.40. The van der Waals surface area contributed by atoms with Gasteiger partial charge in [0, 0.05) is 0 Å². The molecule has 104 valence electrons. The predicted molar refractivity (Wildman–Crippen MR) is 82.6 cm³/mol. The molecule has 1 aliphatic carbocycles. The summed E-state index contributed by atoms with van der Waals surface area (Å²) in [6, 6.07) is 0. The molecule has 0 radical (unpaired) electrons. The fourth-order valence-corrected chi connectivity index (χ4v) is 3.06. The zero-order valence-electron chi connectivity index (χ0n) is 13.5. The average molecular weight is 248 g/mol. The maximum absolute atomic E-state index is 2.59. The fraction of sp³-hybridized carbons (Fsp3) is 0.778. The van der Waals surface area contributed by atoms with Gasteiger partial charge in [0.15, 0.2) is 0 Å². The lowest BCUT2D eigenvalue weighted by Crippen LogP contribution is -2.19. The van der Waals surface area contributed by atoms with E-state index in [1.165, 1.54) is 19.3 Å². The quantitative estimate of drug-likeness (QED) is 0.560. The van der Waals surface area contributed by atoms with Gasteiger partial charge in [0.1, 0.15) is 0 Å². The second-order valence-electron chi connectivity index (χ2n) is 6.80. The van der Waals surface area contributed by atoms with Crippen molar-refractivity contribution >= 4 is 0 Å². The van der Waals surface area contributed by atoms with E-state index in [1.54, 1.807) is 16.7 Å². The summed E-state index contributed by atoms with van der Waals surface area (Å²) in [7, 11) is 0. The SMILES string of the molecule is CCCC1=C(C(C)C)CC(C(C)C)C=C1C(C)C. The summed E-state index contributed by atoms with van der Waals surface area (Å²) in [6.07, 6.45) is 6.41. The molecule has 0 saturated heterocycles. The molecular formula is C18H32. The van der Waals surface area contributed by atoms with Crippen LogP contribution in [0.4, 0.5) is 0 Å². The second-order valence-corrected chi connectivity index (χ2v) is 6.80. The van der Waals surface area contributed by atoms with Crippen molar-refractivity contribution in [1.29, 1.82) is 0 Å². The zero-order valence-corrected chi connectivity index (χ0v) is 13.5. The van der Waals surface area contributed by atoms with Gasteiger partial charge in [-0.1, -0.05) is 66.5 Å². The first-order valence-electron chi connectivity index (χ1n) is 7.82. The first kappa shape index (κ1) is 15.5. The van der Waals surface area contributed by atoms with Crippen molar-refractivity contribution in [2.45, 2.75) is 67.7 Å². The monoisotopic (exact) mass is 248 g/mol. The molecule has 1 aliphatic rings. The molecule has 0 aromatic heterocycles. The smallest absolute Gasteiger partial charge is 0.0167 e. The Balaban J connectivity index is 3.18. The first-order chi connectivity index (χ1) is 8.38. The van der Waals surface area contributed by atoms with E-state index in [0.717, 1.165) is 11.8 Å². The zero-order chi connectivity index (χ0) is 13.9. The lowest BCUT2D eigenvalue weighted by Gasteiger charge is -2.33. The van der Waals surface area contributed by atoms with Crippen molar-refractivity contribution in [3.8, 4) is 0 Å². The van der Waals surface area contributed by atoms with E-state index in [1.807, 2.05) is 0 Å². The Hall–Kier alpha value is -0.520. The number of rotatable bonds is 5. The van der Waals surface area contributed by atoms with Crippen molar-refractivity contribution in [3.05, 3.63) is 22.8 Å². The van der Waals surface area contributed by atoms with Crippen molar-refractivity contribution in [1.82, 2.24) is 0 Å². The summed E-state index contributed by atoms with van der Waals surface area (Å²) in [6.45, 7) is 16.5. The molecule has 1 rings (SSSR count). The van der Waals surface area contributed by atoms with Crippen molar-refractivity contribution in [2.75, 3.05) is 0 Å². The van der Waals surface area contributed by atoms with E-state index >= 15 is 0 Å². The third-order valence-electron chi connectivity index (χ3n) is 4.26. The summed E-state index contributed by atoms with van der Waals surface area (Å²) in [5.41, 5.74) is 5.08. The Morgan fingerprint density at radius 2 is 1.67 bits per heavy atom. The molecule has 0 aliphatic heterocycles. The highest BCUT2D eigenvalue weighted by Gasteiger charge is 2.26. The molecule has 18 heavy (non-hydrogen) atoms. The average Bonchev–Trinajstić information content (AvgIpc) is 2.28. The molecule has 0 fully saturated rings. The Labute approximate surface area is 115 Å². The molecule has 0 nitrogen and oxygen atoms in total. The number of allylic oxidation sites excluding steroid dienone is 4. The Kier molecular flexibility index (Phi) is 5.69. The minimum absolute atomic E-state index is 0.668. The molecule has 0 heterocycles. The molecule has 0 saturated carbocycles. The standard InChI is InChI=1S/C18H32/c1-8-9-16-17(13(4)5)10-15(12(2)3)11-18(16)14(6)7/h10,12-15H,8-9,11H2,1-7H3. The Morgan fingerprint density at radius 1 is 1.06 bits per heavy atom. The van der Waals surface area contributed by atoms with Crippen LogP contribution in [0.15, 0.2) is 22.8 Å². The molecule has 0 heteroatoms. The third-order valence-corrected chi connectivity index (χ3v) is 4.26. The summed E-state index contributed by atoms with van der Waals surface area (Å²) >= 11 is 0. The van der Waals surface area contributed by atoms with Crippen LogP contribution < -0.4 is 0 Å². The van der Waals surface area contributed by atoms with E-state index in [-0.39, 0.29) is 0 Å². The largest absolute Gasteiger partial charge is 0.0771 e. The van der Waals surface area contributed by atoms with Gasteiger partial charge in [-0.15, -0.1) is 0 Å². The number of hydrogen-bond donors (Lipinski definition) is 0. The lowest BCUT2D eigenvalue weighted by molar-refractivity contribution is 0.430. The van der Waals surface area contributed by atoms with Crippen LogP contribution >= 0.6 is 0 Å². The van der Waals surface area contributed by atoms with E-state index in [9.17, 15) is 0 Å². The van der Waals surface area contributed by atoms with E-state index in [0.29, 0.717) is 11.8 Å². The summed E-state index contributed by atoms with van der Waals surface area (Å²) in [4.78, 5) is 0. The molecule has 0 aromatic carbocycles. The van der Waals surface area contributed by atoms with Gasteiger partial charge in [0.25, 0.3) is 0 Å². The Morgan fingerprint density at radius 3 is 2.06 bits per heavy atom. The topological polar surface area (TPSA) is 0 Å². The minimum Gasteiger partial charge on any atom is -0.0771 e. The second kappa shape index (κ2) is 6.59. The van der Waals surface area contributed by atoms with E-state index in [4.69, 9.17) is 0 Å². The maximum atomic E-state index is 2.59. The van der Waals surface area contributed by atoms with Crippen LogP contribution in [0.3, 0.4) is 0 Å². The third kappa shape index (κ3) is 3.49. The highest BCUT2D eigenvalue weighted by atomic mass is 14.3. The highest BCUT2D eigenvalue weighted by molar-refractivity contribution is 5.41. The van der Waals surface area contributed by atoms with Crippen molar-refractivity contribution < 1.29 is 0 Å². The van der Waals surface area contributed by atoms with E-state index < -0.39 is 0 Å². The Bertz CT molecular complexity index is 326. The molecule has 0 spiro atoms. The molecule has 1 unspecified atom stereocenters. The van der Waals surface area contributed by atoms with Gasteiger partial charge in [-0.3, -0.25) is 0 Å². The van der Waals surface area contributed by atoms with Crippen LogP contribution in [0, 0.1) is 23.7 Å². The van der Waals surface area contributed by atoms with Gasteiger partial charge in [-0.25, -0.2) is 0 Å². The molecule has 0 bridgehead atoms. The summed E-state index contributed by atoms with van der Waals surface area (Å²) in [5, 5.41) is 0. The van der Waals surface area contributed by atoms with Crippen LogP contribution in [0.25, 0.3) is 0 Å². The van der Waals surface area contributed by atoms with Gasteiger partial charge in [-0.05, 0) is 47.7 Å². The molecule has 0 amide bonds. The fourth-order valence-electron chi connectivity index (χ4n) is 3.06. The van der Waals surface area contributed by atoms with Crippen molar-refractivity contribution in [2.24, 2.45) is 23.7 Å². The van der Waals surface area contributed by atoms with Gasteiger partial charge < -0.3 is 0 Å². The molecular weight excluding hydrogens is 216 g/mol. The van der Waals surface area contributed by atoms with Gasteiger partial charge >= 0.3 is 0 Å². The van der Waals surface area contributed by atoms with Crippen molar-refractivity contribution in [3.63, 3.8) is 0 Å². The van der Waals surface area contributed by atoms with Gasteiger partial charge in [0.05, 0.1) is 0 Å². The van der Waals surface area contributed by atoms with Crippen LogP contribution in [0.5, 0.6) is 0 Å². The normalized spacial score (nSPS) is 21.2. The minimum atomic E-state index is 0.668. The summed E-state index contributed by atoms with van der Waals surface area (Å²) in [5.74, 6) is 2.88. The van der Waals surface area contributed by atoms with Gasteiger partial charge in [-0.2, -0.15) is 0 Å². The number of hydrogen-bond acceptors (Lipinski definition) is 0.